The summed E-state index contributed by atoms with van der Waals surface area (Å²) >= 11 is 0. The monoisotopic (exact) mass is 187 g/mol. The van der Waals surface area contributed by atoms with E-state index in [0.717, 1.165) is 18.8 Å². The molecule has 1 aliphatic heterocycles. The Morgan fingerprint density at radius 1 is 1.36 bits per heavy atom. The zero-order chi connectivity index (χ0) is 9.97. The van der Waals surface area contributed by atoms with E-state index in [9.17, 15) is 0 Å². The standard InChI is InChI=1S/C11H13N3/c1-14-7-11(8-14)13-10-4-2-9(6-12)3-5-10/h2-5,11,13H,7-8H2,1H3. The van der Waals surface area contributed by atoms with Crippen molar-refractivity contribution < 1.29 is 0 Å². The van der Waals surface area contributed by atoms with Crippen molar-refractivity contribution in [3.8, 4) is 6.07 Å². The molecule has 72 valence electrons. The first-order chi connectivity index (χ1) is 6.78. The molecule has 1 heterocycles. The highest BCUT2D eigenvalue weighted by Crippen LogP contribution is 2.14. The smallest absolute Gasteiger partial charge is 0.0991 e. The first kappa shape index (κ1) is 9.04. The van der Waals surface area contributed by atoms with Crippen molar-refractivity contribution >= 4 is 5.69 Å². The number of anilines is 1. The molecule has 1 saturated heterocycles. The van der Waals surface area contributed by atoms with Crippen LogP contribution in [0.2, 0.25) is 0 Å². The van der Waals surface area contributed by atoms with E-state index >= 15 is 0 Å². The topological polar surface area (TPSA) is 39.1 Å². The van der Waals surface area contributed by atoms with Gasteiger partial charge < -0.3 is 10.2 Å². The number of hydrogen-bond donors (Lipinski definition) is 1. The predicted molar refractivity (Wildman–Crippen MR) is 56.1 cm³/mol. The molecule has 14 heavy (non-hydrogen) atoms. The quantitative estimate of drug-likeness (QED) is 0.758. The van der Waals surface area contributed by atoms with E-state index < -0.39 is 0 Å². The summed E-state index contributed by atoms with van der Waals surface area (Å²) in [5.74, 6) is 0. The summed E-state index contributed by atoms with van der Waals surface area (Å²) in [6.45, 7) is 2.19. The van der Waals surface area contributed by atoms with Crippen molar-refractivity contribution in [2.24, 2.45) is 0 Å². The lowest BCUT2D eigenvalue weighted by atomic mass is 10.1. The van der Waals surface area contributed by atoms with Crippen LogP contribution in [0.4, 0.5) is 5.69 Å². The highest BCUT2D eigenvalue weighted by Gasteiger charge is 2.22. The highest BCUT2D eigenvalue weighted by atomic mass is 15.2. The first-order valence-electron chi connectivity index (χ1n) is 4.73. The van der Waals surface area contributed by atoms with Crippen molar-refractivity contribution in [1.82, 2.24) is 4.90 Å². The molecule has 1 aromatic carbocycles. The van der Waals surface area contributed by atoms with Crippen molar-refractivity contribution in [1.29, 1.82) is 5.26 Å². The molecule has 0 aromatic heterocycles. The summed E-state index contributed by atoms with van der Waals surface area (Å²) in [7, 11) is 2.11. The van der Waals surface area contributed by atoms with Crippen LogP contribution in [0.1, 0.15) is 5.56 Å². The van der Waals surface area contributed by atoms with Crippen molar-refractivity contribution in [3.05, 3.63) is 29.8 Å². The van der Waals surface area contributed by atoms with Crippen molar-refractivity contribution in [2.75, 3.05) is 25.5 Å². The lowest BCUT2D eigenvalue weighted by Gasteiger charge is -2.37. The van der Waals surface area contributed by atoms with Gasteiger partial charge in [-0.05, 0) is 31.3 Å². The van der Waals surface area contributed by atoms with E-state index in [4.69, 9.17) is 5.26 Å². The van der Waals surface area contributed by atoms with Gasteiger partial charge in [0, 0.05) is 18.8 Å². The fourth-order valence-electron chi connectivity index (χ4n) is 1.67. The zero-order valence-corrected chi connectivity index (χ0v) is 8.20. The van der Waals surface area contributed by atoms with Crippen LogP contribution in [0.5, 0.6) is 0 Å². The summed E-state index contributed by atoms with van der Waals surface area (Å²) < 4.78 is 0. The number of likely N-dealkylation sites (N-methyl/N-ethyl adjacent to an activating group) is 1. The van der Waals surface area contributed by atoms with Gasteiger partial charge in [0.05, 0.1) is 17.7 Å². The van der Waals surface area contributed by atoms with Crippen LogP contribution in [-0.4, -0.2) is 31.1 Å². The maximum absolute atomic E-state index is 8.63. The van der Waals surface area contributed by atoms with Gasteiger partial charge in [0.15, 0.2) is 0 Å². The molecule has 1 fully saturated rings. The van der Waals surface area contributed by atoms with Gasteiger partial charge in [-0.25, -0.2) is 0 Å². The van der Waals surface area contributed by atoms with Gasteiger partial charge in [0.25, 0.3) is 0 Å². The number of nitrogens with zero attached hydrogens (tertiary/aromatic N) is 2. The zero-order valence-electron chi connectivity index (χ0n) is 8.20. The molecule has 0 radical (unpaired) electrons. The molecule has 0 saturated carbocycles. The van der Waals surface area contributed by atoms with Crippen LogP contribution >= 0.6 is 0 Å². The maximum atomic E-state index is 8.63. The molecule has 1 N–H and O–H groups in total. The first-order valence-corrected chi connectivity index (χ1v) is 4.73. The van der Waals surface area contributed by atoms with Crippen LogP contribution in [-0.2, 0) is 0 Å². The lowest BCUT2D eigenvalue weighted by Crippen LogP contribution is -2.52. The summed E-state index contributed by atoms with van der Waals surface area (Å²) in [5, 5.41) is 12.0. The maximum Gasteiger partial charge on any atom is 0.0991 e. The van der Waals surface area contributed by atoms with E-state index in [0.29, 0.717) is 11.6 Å². The van der Waals surface area contributed by atoms with E-state index in [2.05, 4.69) is 23.3 Å². The highest BCUT2D eigenvalue weighted by molar-refractivity contribution is 5.48. The largest absolute Gasteiger partial charge is 0.380 e. The fourth-order valence-corrected chi connectivity index (χ4v) is 1.67. The van der Waals surface area contributed by atoms with Crippen LogP contribution < -0.4 is 5.32 Å². The Balaban J connectivity index is 1.94. The summed E-state index contributed by atoms with van der Waals surface area (Å²) in [4.78, 5) is 2.27. The number of hydrogen-bond acceptors (Lipinski definition) is 3. The second-order valence-electron chi connectivity index (χ2n) is 3.75. The Kier molecular flexibility index (Phi) is 2.38. The summed E-state index contributed by atoms with van der Waals surface area (Å²) in [6, 6.07) is 10.3. The minimum atomic E-state index is 0.563. The Labute approximate surface area is 84.0 Å². The Hall–Kier alpha value is -1.53. The Morgan fingerprint density at radius 2 is 2.00 bits per heavy atom. The molecule has 0 amide bonds. The van der Waals surface area contributed by atoms with Crippen LogP contribution in [0.15, 0.2) is 24.3 Å². The number of rotatable bonds is 2. The average molecular weight is 187 g/mol. The number of likely N-dealkylation sites (tertiary alicyclic amines) is 1. The molecule has 0 spiro atoms. The molecule has 0 bridgehead atoms. The molecule has 1 aliphatic rings. The molecule has 2 rings (SSSR count). The predicted octanol–water partition coefficient (Wildman–Crippen LogP) is 1.28. The molecule has 0 unspecified atom stereocenters. The van der Waals surface area contributed by atoms with Crippen LogP contribution in [0, 0.1) is 11.3 Å². The minimum Gasteiger partial charge on any atom is -0.380 e. The Morgan fingerprint density at radius 3 is 2.50 bits per heavy atom. The van der Waals surface area contributed by atoms with E-state index in [1.54, 1.807) is 0 Å². The van der Waals surface area contributed by atoms with Crippen molar-refractivity contribution in [2.45, 2.75) is 6.04 Å². The lowest BCUT2D eigenvalue weighted by molar-refractivity contribution is 0.205. The van der Waals surface area contributed by atoms with Gasteiger partial charge in [-0.1, -0.05) is 0 Å². The Bertz CT molecular complexity index is 344. The fraction of sp³-hybridized carbons (Fsp3) is 0.364. The molecule has 3 heteroatoms. The van der Waals surface area contributed by atoms with Gasteiger partial charge in [-0.2, -0.15) is 5.26 Å². The normalized spacial score (nSPS) is 17.1. The third kappa shape index (κ3) is 1.86. The molecule has 0 aliphatic carbocycles. The van der Waals surface area contributed by atoms with E-state index in [1.165, 1.54) is 0 Å². The second kappa shape index (κ2) is 3.69. The second-order valence-corrected chi connectivity index (χ2v) is 3.75. The third-order valence-corrected chi connectivity index (χ3v) is 2.45. The average Bonchev–Trinajstić information content (AvgIpc) is 2.17. The van der Waals surface area contributed by atoms with Crippen molar-refractivity contribution in [3.63, 3.8) is 0 Å². The summed E-state index contributed by atoms with van der Waals surface area (Å²) in [6.07, 6.45) is 0. The van der Waals surface area contributed by atoms with Crippen LogP contribution in [0.25, 0.3) is 0 Å². The molecular weight excluding hydrogens is 174 g/mol. The van der Waals surface area contributed by atoms with Gasteiger partial charge in [0.2, 0.25) is 0 Å². The molecule has 0 atom stereocenters. The third-order valence-electron chi connectivity index (χ3n) is 2.45. The SMILES string of the molecule is CN1CC(Nc2ccc(C#N)cc2)C1. The molecule has 1 aromatic rings. The number of nitrogens with one attached hydrogen (secondary N) is 1. The van der Waals surface area contributed by atoms with Gasteiger partial charge in [-0.15, -0.1) is 0 Å². The van der Waals surface area contributed by atoms with Crippen LogP contribution in [0.3, 0.4) is 0 Å². The minimum absolute atomic E-state index is 0.563. The van der Waals surface area contributed by atoms with E-state index in [1.807, 2.05) is 24.3 Å². The van der Waals surface area contributed by atoms with Gasteiger partial charge in [0.1, 0.15) is 0 Å². The molecular formula is C11H13N3. The van der Waals surface area contributed by atoms with E-state index in [-0.39, 0.29) is 0 Å². The van der Waals surface area contributed by atoms with Gasteiger partial charge in [-0.3, -0.25) is 0 Å². The molecule has 3 nitrogen and oxygen atoms in total. The van der Waals surface area contributed by atoms with Gasteiger partial charge >= 0.3 is 0 Å². The number of benzene rings is 1. The number of nitriles is 1. The summed E-state index contributed by atoms with van der Waals surface area (Å²) in [5.41, 5.74) is 1.81.